The Labute approximate surface area is 108 Å². The third-order valence-electron chi connectivity index (χ3n) is 2.98. The maximum atomic E-state index is 5.37. The summed E-state index contributed by atoms with van der Waals surface area (Å²) in [6.45, 7) is 7.51. The van der Waals surface area contributed by atoms with Crippen molar-refractivity contribution in [3.8, 4) is 0 Å². The molecule has 0 aliphatic carbocycles. The summed E-state index contributed by atoms with van der Waals surface area (Å²) in [5.74, 6) is 0. The number of hydrogen-bond donors (Lipinski definition) is 0. The molecule has 2 heterocycles. The minimum absolute atomic E-state index is 0.780. The van der Waals surface area contributed by atoms with E-state index in [4.69, 9.17) is 4.74 Å². The van der Waals surface area contributed by atoms with E-state index in [1.54, 1.807) is 0 Å². The predicted octanol–water partition coefficient (Wildman–Crippen LogP) is 2.11. The summed E-state index contributed by atoms with van der Waals surface area (Å²) in [4.78, 5) is 6.67. The molecule has 0 aliphatic heterocycles. The second-order valence-corrected chi connectivity index (χ2v) is 4.62. The molecule has 2 aromatic heterocycles. The van der Waals surface area contributed by atoms with Crippen molar-refractivity contribution in [2.45, 2.75) is 20.4 Å². The van der Waals surface area contributed by atoms with Gasteiger partial charge in [0.15, 0.2) is 0 Å². The zero-order valence-electron chi connectivity index (χ0n) is 11.4. The minimum atomic E-state index is 0.780. The van der Waals surface area contributed by atoms with Crippen LogP contribution in [0.2, 0.25) is 0 Å². The first-order valence-electron chi connectivity index (χ1n) is 6.39. The molecule has 4 heteroatoms. The number of ether oxygens (including phenoxy) is 1. The molecule has 2 aromatic rings. The standard InChI is InChI=1S/C14H21N3O/c1-4-18-8-7-16(3)11-13-9-15-14-6-5-12(2)10-17(13)14/h5-6,9-10H,4,7-8,11H2,1-3H3. The number of nitrogens with zero attached hydrogens (tertiary/aromatic N) is 3. The summed E-state index contributed by atoms with van der Waals surface area (Å²) < 4.78 is 7.53. The molecule has 0 N–H and O–H groups in total. The first kappa shape index (κ1) is 13.1. The normalized spacial score (nSPS) is 11.6. The number of likely N-dealkylation sites (N-methyl/N-ethyl adjacent to an activating group) is 1. The smallest absolute Gasteiger partial charge is 0.136 e. The zero-order valence-corrected chi connectivity index (χ0v) is 11.4. The summed E-state index contributed by atoms with van der Waals surface area (Å²) in [7, 11) is 2.11. The Morgan fingerprint density at radius 2 is 2.22 bits per heavy atom. The summed E-state index contributed by atoms with van der Waals surface area (Å²) >= 11 is 0. The maximum absolute atomic E-state index is 5.37. The maximum Gasteiger partial charge on any atom is 0.136 e. The van der Waals surface area contributed by atoms with E-state index >= 15 is 0 Å². The number of rotatable bonds is 6. The predicted molar refractivity (Wildman–Crippen MR) is 72.8 cm³/mol. The Bertz CT molecular complexity index is 507. The van der Waals surface area contributed by atoms with Gasteiger partial charge in [-0.1, -0.05) is 6.07 Å². The lowest BCUT2D eigenvalue weighted by molar-refractivity contribution is 0.120. The molecule has 0 saturated heterocycles. The van der Waals surface area contributed by atoms with Gasteiger partial charge in [-0.3, -0.25) is 4.90 Å². The second-order valence-electron chi connectivity index (χ2n) is 4.62. The third kappa shape index (κ3) is 3.09. The van der Waals surface area contributed by atoms with Gasteiger partial charge in [-0.25, -0.2) is 4.98 Å². The Balaban J connectivity index is 2.04. The summed E-state index contributed by atoms with van der Waals surface area (Å²) in [5.41, 5.74) is 3.47. The molecule has 4 nitrogen and oxygen atoms in total. The fourth-order valence-corrected chi connectivity index (χ4v) is 1.97. The number of hydrogen-bond acceptors (Lipinski definition) is 3. The van der Waals surface area contributed by atoms with Crippen molar-refractivity contribution in [3.05, 3.63) is 35.8 Å². The SMILES string of the molecule is CCOCCN(C)Cc1cnc2ccc(C)cn12. The molecule has 0 saturated carbocycles. The van der Waals surface area contributed by atoms with E-state index in [0.717, 1.165) is 32.0 Å². The van der Waals surface area contributed by atoms with Gasteiger partial charge in [-0.2, -0.15) is 0 Å². The van der Waals surface area contributed by atoms with E-state index in [1.165, 1.54) is 11.3 Å². The van der Waals surface area contributed by atoms with Crippen molar-refractivity contribution >= 4 is 5.65 Å². The van der Waals surface area contributed by atoms with Crippen molar-refractivity contribution < 1.29 is 4.74 Å². The van der Waals surface area contributed by atoms with Crippen LogP contribution < -0.4 is 0 Å². The van der Waals surface area contributed by atoms with Gasteiger partial charge in [-0.15, -0.1) is 0 Å². The minimum Gasteiger partial charge on any atom is -0.380 e. The van der Waals surface area contributed by atoms with Crippen LogP contribution in [-0.2, 0) is 11.3 Å². The monoisotopic (exact) mass is 247 g/mol. The van der Waals surface area contributed by atoms with E-state index in [0.29, 0.717) is 0 Å². The fraction of sp³-hybridized carbons (Fsp3) is 0.500. The van der Waals surface area contributed by atoms with E-state index in [1.807, 2.05) is 13.1 Å². The van der Waals surface area contributed by atoms with Crippen LogP contribution in [-0.4, -0.2) is 41.1 Å². The molecule has 0 aromatic carbocycles. The average molecular weight is 247 g/mol. The molecule has 0 amide bonds. The largest absolute Gasteiger partial charge is 0.380 e. The van der Waals surface area contributed by atoms with E-state index < -0.39 is 0 Å². The molecular formula is C14H21N3O. The topological polar surface area (TPSA) is 29.8 Å². The molecular weight excluding hydrogens is 226 g/mol. The number of pyridine rings is 1. The highest BCUT2D eigenvalue weighted by Crippen LogP contribution is 2.10. The Morgan fingerprint density at radius 3 is 3.00 bits per heavy atom. The van der Waals surface area contributed by atoms with Crippen LogP contribution in [0.3, 0.4) is 0 Å². The van der Waals surface area contributed by atoms with Gasteiger partial charge in [0.25, 0.3) is 0 Å². The summed E-state index contributed by atoms with van der Waals surface area (Å²) in [5, 5.41) is 0. The molecule has 0 atom stereocenters. The van der Waals surface area contributed by atoms with Gasteiger partial charge in [0.2, 0.25) is 0 Å². The highest BCUT2D eigenvalue weighted by atomic mass is 16.5. The Kier molecular flexibility index (Phi) is 4.33. The average Bonchev–Trinajstić information content (AvgIpc) is 2.72. The van der Waals surface area contributed by atoms with Crippen LogP contribution in [0.1, 0.15) is 18.2 Å². The van der Waals surface area contributed by atoms with Crippen LogP contribution in [0, 0.1) is 6.92 Å². The Hall–Kier alpha value is -1.39. The second kappa shape index (κ2) is 5.98. The molecule has 18 heavy (non-hydrogen) atoms. The van der Waals surface area contributed by atoms with Crippen molar-refractivity contribution in [3.63, 3.8) is 0 Å². The van der Waals surface area contributed by atoms with Crippen LogP contribution in [0.15, 0.2) is 24.5 Å². The number of imidazole rings is 1. The third-order valence-corrected chi connectivity index (χ3v) is 2.98. The van der Waals surface area contributed by atoms with Crippen molar-refractivity contribution in [1.82, 2.24) is 14.3 Å². The van der Waals surface area contributed by atoms with E-state index in [9.17, 15) is 0 Å². The number of aromatic nitrogens is 2. The summed E-state index contributed by atoms with van der Waals surface area (Å²) in [6, 6.07) is 4.14. The molecule has 2 rings (SSSR count). The van der Waals surface area contributed by atoms with E-state index in [-0.39, 0.29) is 0 Å². The van der Waals surface area contributed by atoms with Gasteiger partial charge in [0, 0.05) is 25.9 Å². The molecule has 0 spiro atoms. The quantitative estimate of drug-likeness (QED) is 0.732. The molecule has 0 unspecified atom stereocenters. The van der Waals surface area contributed by atoms with Crippen molar-refractivity contribution in [2.75, 3.05) is 26.8 Å². The molecule has 98 valence electrons. The highest BCUT2D eigenvalue weighted by molar-refractivity contribution is 5.41. The van der Waals surface area contributed by atoms with Crippen molar-refractivity contribution in [2.24, 2.45) is 0 Å². The van der Waals surface area contributed by atoms with Gasteiger partial charge < -0.3 is 9.14 Å². The lowest BCUT2D eigenvalue weighted by Crippen LogP contribution is -2.23. The van der Waals surface area contributed by atoms with Gasteiger partial charge in [0.1, 0.15) is 5.65 Å². The Morgan fingerprint density at radius 1 is 1.39 bits per heavy atom. The first-order valence-corrected chi connectivity index (χ1v) is 6.39. The lowest BCUT2D eigenvalue weighted by atomic mass is 10.3. The molecule has 0 aliphatic rings. The van der Waals surface area contributed by atoms with Crippen molar-refractivity contribution in [1.29, 1.82) is 0 Å². The highest BCUT2D eigenvalue weighted by Gasteiger charge is 2.06. The van der Waals surface area contributed by atoms with Gasteiger partial charge in [-0.05, 0) is 32.5 Å². The van der Waals surface area contributed by atoms with Crippen LogP contribution in [0.25, 0.3) is 5.65 Å². The van der Waals surface area contributed by atoms with Gasteiger partial charge in [0.05, 0.1) is 18.5 Å². The number of fused-ring (bicyclic) bond motifs is 1. The first-order chi connectivity index (χ1) is 8.70. The van der Waals surface area contributed by atoms with Crippen LogP contribution >= 0.6 is 0 Å². The molecule has 0 fully saturated rings. The molecule has 0 bridgehead atoms. The van der Waals surface area contributed by atoms with Crippen LogP contribution in [0.4, 0.5) is 0 Å². The van der Waals surface area contributed by atoms with E-state index in [2.05, 4.69) is 46.6 Å². The zero-order chi connectivity index (χ0) is 13.0. The number of aryl methyl sites for hydroxylation is 1. The fourth-order valence-electron chi connectivity index (χ4n) is 1.97. The lowest BCUT2D eigenvalue weighted by Gasteiger charge is -2.16. The van der Waals surface area contributed by atoms with Gasteiger partial charge >= 0.3 is 0 Å². The summed E-state index contributed by atoms with van der Waals surface area (Å²) in [6.07, 6.45) is 4.08. The van der Waals surface area contributed by atoms with Crippen LogP contribution in [0.5, 0.6) is 0 Å². The molecule has 0 radical (unpaired) electrons.